The Morgan fingerprint density at radius 3 is 2.89 bits per heavy atom. The minimum atomic E-state index is -0.332. The normalized spacial score (nSPS) is 15.7. The molecule has 2 heterocycles. The van der Waals surface area contributed by atoms with Gasteiger partial charge in [0.25, 0.3) is 0 Å². The van der Waals surface area contributed by atoms with Gasteiger partial charge in [-0.2, -0.15) is 0 Å². The van der Waals surface area contributed by atoms with Crippen molar-refractivity contribution in [3.63, 3.8) is 0 Å². The van der Waals surface area contributed by atoms with Crippen LogP contribution in [-0.4, -0.2) is 37.1 Å². The number of pyridine rings is 1. The lowest BCUT2D eigenvalue weighted by Crippen LogP contribution is -2.11. The van der Waals surface area contributed by atoms with Gasteiger partial charge < -0.3 is 14.2 Å². The van der Waals surface area contributed by atoms with E-state index in [0.29, 0.717) is 25.4 Å². The molecule has 0 aliphatic carbocycles. The van der Waals surface area contributed by atoms with Gasteiger partial charge in [-0.15, -0.1) is 0 Å². The van der Waals surface area contributed by atoms with Gasteiger partial charge in [-0.1, -0.05) is 0 Å². The minimum absolute atomic E-state index is 0.123. The number of carbonyl (C=O) groups is 1. The molecule has 0 atom stereocenters. The Kier molecular flexibility index (Phi) is 5.53. The fourth-order valence-corrected chi connectivity index (χ4v) is 2.55. The number of ether oxygens (including phenoxy) is 3. The molecule has 6 heteroatoms. The first-order valence-electron chi connectivity index (χ1n) is 6.25. The minimum Gasteiger partial charge on any atom is -0.462 e. The van der Waals surface area contributed by atoms with Crippen molar-refractivity contribution in [2.24, 2.45) is 0 Å². The quantitative estimate of drug-likeness (QED) is 0.582. The molecule has 1 fully saturated rings. The Balaban J connectivity index is 1.96. The standard InChI is InChI=1S/C13H16INO4/c1-2-17-13(16)9-7-10(14)11(15-8-9)3-4-12-18-5-6-19-12/h7-8,12H,2-6H2,1H3. The van der Waals surface area contributed by atoms with E-state index >= 15 is 0 Å². The molecule has 19 heavy (non-hydrogen) atoms. The van der Waals surface area contributed by atoms with Crippen LogP contribution < -0.4 is 0 Å². The highest BCUT2D eigenvalue weighted by Gasteiger charge is 2.17. The molecule has 104 valence electrons. The molecule has 1 saturated heterocycles. The Labute approximate surface area is 125 Å². The Morgan fingerprint density at radius 2 is 2.26 bits per heavy atom. The number of nitrogens with zero attached hydrogens (tertiary/aromatic N) is 1. The topological polar surface area (TPSA) is 57.7 Å². The summed E-state index contributed by atoms with van der Waals surface area (Å²) in [6.07, 6.45) is 2.99. The molecular weight excluding hydrogens is 361 g/mol. The van der Waals surface area contributed by atoms with Gasteiger partial charge in [0.05, 0.1) is 31.1 Å². The number of halogens is 1. The second-order valence-corrected chi connectivity index (χ2v) is 5.24. The monoisotopic (exact) mass is 377 g/mol. The van der Waals surface area contributed by atoms with Crippen molar-refractivity contribution in [1.29, 1.82) is 0 Å². The second kappa shape index (κ2) is 7.16. The zero-order chi connectivity index (χ0) is 13.7. The van der Waals surface area contributed by atoms with E-state index in [1.165, 1.54) is 0 Å². The van der Waals surface area contributed by atoms with E-state index in [9.17, 15) is 4.79 Å². The van der Waals surface area contributed by atoms with E-state index in [2.05, 4.69) is 27.6 Å². The molecule has 0 aromatic carbocycles. The molecule has 2 rings (SSSR count). The van der Waals surface area contributed by atoms with Crippen LogP contribution in [0.2, 0.25) is 0 Å². The molecule has 0 saturated carbocycles. The van der Waals surface area contributed by atoms with Crippen molar-refractivity contribution in [1.82, 2.24) is 4.98 Å². The summed E-state index contributed by atoms with van der Waals surface area (Å²) in [6.45, 7) is 3.48. The SMILES string of the molecule is CCOC(=O)c1cnc(CCC2OCCO2)c(I)c1. The Morgan fingerprint density at radius 1 is 1.53 bits per heavy atom. The van der Waals surface area contributed by atoms with E-state index in [1.807, 2.05) is 0 Å². The maximum absolute atomic E-state index is 11.6. The fraction of sp³-hybridized carbons (Fsp3) is 0.538. The van der Waals surface area contributed by atoms with Gasteiger partial charge >= 0.3 is 5.97 Å². The van der Waals surface area contributed by atoms with Crippen molar-refractivity contribution in [3.8, 4) is 0 Å². The summed E-state index contributed by atoms with van der Waals surface area (Å²) >= 11 is 2.18. The third-order valence-corrected chi connectivity index (χ3v) is 3.67. The van der Waals surface area contributed by atoms with Gasteiger partial charge in [0.1, 0.15) is 0 Å². The van der Waals surface area contributed by atoms with Gasteiger partial charge in [0, 0.05) is 16.2 Å². The van der Waals surface area contributed by atoms with Crippen molar-refractivity contribution in [2.75, 3.05) is 19.8 Å². The lowest BCUT2D eigenvalue weighted by molar-refractivity contribution is -0.0463. The molecule has 1 aliphatic rings. The van der Waals surface area contributed by atoms with Crippen LogP contribution in [0.4, 0.5) is 0 Å². The van der Waals surface area contributed by atoms with Crippen LogP contribution in [0.1, 0.15) is 29.4 Å². The molecule has 1 aromatic rings. The largest absolute Gasteiger partial charge is 0.462 e. The summed E-state index contributed by atoms with van der Waals surface area (Å²) in [5.74, 6) is -0.332. The highest BCUT2D eigenvalue weighted by molar-refractivity contribution is 14.1. The first-order chi connectivity index (χ1) is 9.20. The number of hydrogen-bond acceptors (Lipinski definition) is 5. The van der Waals surface area contributed by atoms with Crippen LogP contribution in [-0.2, 0) is 20.6 Å². The lowest BCUT2D eigenvalue weighted by Gasteiger charge is -2.10. The highest BCUT2D eigenvalue weighted by Crippen LogP contribution is 2.17. The molecule has 0 unspecified atom stereocenters. The highest BCUT2D eigenvalue weighted by atomic mass is 127. The van der Waals surface area contributed by atoms with Crippen LogP contribution in [0.3, 0.4) is 0 Å². The molecule has 0 spiro atoms. The maximum atomic E-state index is 11.6. The number of aryl methyl sites for hydroxylation is 1. The van der Waals surface area contributed by atoms with Gasteiger partial charge in [-0.05, 0) is 42.0 Å². The van der Waals surface area contributed by atoms with Crippen LogP contribution >= 0.6 is 22.6 Å². The van der Waals surface area contributed by atoms with E-state index in [0.717, 1.165) is 22.1 Å². The third kappa shape index (κ3) is 4.12. The first-order valence-corrected chi connectivity index (χ1v) is 7.33. The predicted molar refractivity (Wildman–Crippen MR) is 76.9 cm³/mol. The van der Waals surface area contributed by atoms with Crippen molar-refractivity contribution >= 4 is 28.6 Å². The van der Waals surface area contributed by atoms with Gasteiger partial charge in [-0.25, -0.2) is 4.79 Å². The number of rotatable bonds is 5. The van der Waals surface area contributed by atoms with Crippen LogP contribution in [0.5, 0.6) is 0 Å². The van der Waals surface area contributed by atoms with Gasteiger partial charge in [0.2, 0.25) is 0 Å². The zero-order valence-electron chi connectivity index (χ0n) is 10.7. The van der Waals surface area contributed by atoms with Crippen molar-refractivity contribution in [3.05, 3.63) is 27.1 Å². The van der Waals surface area contributed by atoms with Crippen molar-refractivity contribution in [2.45, 2.75) is 26.1 Å². The molecular formula is C13H16INO4. The van der Waals surface area contributed by atoms with E-state index in [-0.39, 0.29) is 12.3 Å². The molecule has 0 N–H and O–H groups in total. The molecule has 0 amide bonds. The zero-order valence-corrected chi connectivity index (χ0v) is 12.9. The molecule has 0 radical (unpaired) electrons. The Hall–Kier alpha value is -0.730. The first kappa shape index (κ1) is 14.7. The number of aromatic nitrogens is 1. The number of carbonyl (C=O) groups excluding carboxylic acids is 1. The average Bonchev–Trinajstić information content (AvgIpc) is 2.90. The molecule has 1 aromatic heterocycles. The number of esters is 1. The summed E-state index contributed by atoms with van der Waals surface area (Å²) in [5, 5.41) is 0. The van der Waals surface area contributed by atoms with Crippen LogP contribution in [0, 0.1) is 3.57 Å². The van der Waals surface area contributed by atoms with E-state index < -0.39 is 0 Å². The average molecular weight is 377 g/mol. The summed E-state index contributed by atoms with van der Waals surface area (Å²) < 4.78 is 16.7. The number of hydrogen-bond donors (Lipinski definition) is 0. The van der Waals surface area contributed by atoms with E-state index in [1.54, 1.807) is 19.2 Å². The summed E-state index contributed by atoms with van der Waals surface area (Å²) in [5.41, 5.74) is 1.44. The van der Waals surface area contributed by atoms with Crippen LogP contribution in [0.15, 0.2) is 12.3 Å². The smallest absolute Gasteiger partial charge is 0.339 e. The Bertz CT molecular complexity index is 446. The fourth-order valence-electron chi connectivity index (χ4n) is 1.80. The third-order valence-electron chi connectivity index (χ3n) is 2.74. The molecule has 0 bridgehead atoms. The molecule has 5 nitrogen and oxygen atoms in total. The molecule has 1 aliphatic heterocycles. The second-order valence-electron chi connectivity index (χ2n) is 4.08. The van der Waals surface area contributed by atoms with Gasteiger partial charge in [-0.3, -0.25) is 4.98 Å². The summed E-state index contributed by atoms with van der Waals surface area (Å²) in [7, 11) is 0. The summed E-state index contributed by atoms with van der Waals surface area (Å²) in [6, 6.07) is 1.80. The predicted octanol–water partition coefficient (Wildman–Crippen LogP) is 2.17. The summed E-state index contributed by atoms with van der Waals surface area (Å²) in [4.78, 5) is 15.9. The lowest BCUT2D eigenvalue weighted by atomic mass is 10.2. The maximum Gasteiger partial charge on any atom is 0.339 e. The van der Waals surface area contributed by atoms with E-state index in [4.69, 9.17) is 14.2 Å². The van der Waals surface area contributed by atoms with Gasteiger partial charge in [0.15, 0.2) is 6.29 Å². The van der Waals surface area contributed by atoms with Crippen molar-refractivity contribution < 1.29 is 19.0 Å². The van der Waals surface area contributed by atoms with Crippen LogP contribution in [0.25, 0.3) is 0 Å².